The molecule has 0 saturated heterocycles. The second-order valence-corrected chi connectivity index (χ2v) is 11.2. The molecule has 4 aromatic rings. The maximum atomic E-state index is 13.6. The van der Waals surface area contributed by atoms with E-state index in [-0.39, 0.29) is 28.5 Å². The monoisotopic (exact) mass is 525 g/mol. The number of hydrogen-bond donors (Lipinski definition) is 1. The number of halogens is 1. The molecule has 1 unspecified atom stereocenters. The minimum Gasteiger partial charge on any atom is -0.495 e. The van der Waals surface area contributed by atoms with Crippen molar-refractivity contribution in [2.45, 2.75) is 20.5 Å². The number of benzene rings is 3. The molecule has 188 valence electrons. The first-order chi connectivity index (χ1) is 17.3. The fourth-order valence-electron chi connectivity index (χ4n) is 3.85. The molecule has 0 aliphatic carbocycles. The van der Waals surface area contributed by atoms with Crippen molar-refractivity contribution >= 4 is 48.9 Å². The molecule has 0 bridgehead atoms. The van der Waals surface area contributed by atoms with Crippen LogP contribution >= 0.6 is 11.6 Å². The Morgan fingerprint density at radius 1 is 1.14 bits per heavy atom. The summed E-state index contributed by atoms with van der Waals surface area (Å²) in [6.45, 7) is 3.78. The molecular formula is C27H28ClN3O4S. The van der Waals surface area contributed by atoms with Crippen molar-refractivity contribution in [1.82, 2.24) is 9.78 Å². The zero-order valence-corrected chi connectivity index (χ0v) is 22.2. The quantitative estimate of drug-likeness (QED) is 0.230. The number of aromatic nitrogens is 2. The first-order valence-electron chi connectivity index (χ1n) is 11.4. The van der Waals surface area contributed by atoms with E-state index in [1.54, 1.807) is 38.4 Å². The van der Waals surface area contributed by atoms with E-state index in [1.807, 2.05) is 30.3 Å². The van der Waals surface area contributed by atoms with E-state index in [0.717, 1.165) is 16.3 Å². The minimum atomic E-state index is -2.53. The van der Waals surface area contributed by atoms with Gasteiger partial charge in [0.2, 0.25) is 11.7 Å². The Bertz CT molecular complexity index is 1550. The van der Waals surface area contributed by atoms with Gasteiger partial charge in [-0.05, 0) is 46.8 Å². The number of methoxy groups -OCH3 is 1. The highest BCUT2D eigenvalue weighted by atomic mass is 35.5. The van der Waals surface area contributed by atoms with Crippen LogP contribution in [0.5, 0.6) is 11.6 Å². The van der Waals surface area contributed by atoms with Gasteiger partial charge in [-0.2, -0.15) is 5.10 Å². The van der Waals surface area contributed by atoms with Crippen LogP contribution in [-0.4, -0.2) is 38.0 Å². The molecule has 4 rings (SSSR count). The van der Waals surface area contributed by atoms with E-state index in [2.05, 4.69) is 22.0 Å². The van der Waals surface area contributed by atoms with E-state index in [0.29, 0.717) is 23.1 Å². The Labute approximate surface area is 216 Å². The summed E-state index contributed by atoms with van der Waals surface area (Å²) in [4.78, 5) is 13.6. The number of nitrogens with one attached hydrogen (secondary N) is 1. The molecule has 0 aliphatic rings. The summed E-state index contributed by atoms with van der Waals surface area (Å²) in [5.74, 6) is 0.708. The number of carbonyl (C=O) groups excluding carboxylic acids is 1. The lowest BCUT2D eigenvalue weighted by molar-refractivity contribution is 0.103. The lowest BCUT2D eigenvalue weighted by atomic mass is 10.0. The smallest absolute Gasteiger partial charge is 0.223 e. The van der Waals surface area contributed by atoms with Crippen molar-refractivity contribution in [3.05, 3.63) is 82.5 Å². The maximum Gasteiger partial charge on any atom is 0.223 e. The summed E-state index contributed by atoms with van der Waals surface area (Å²) in [5, 5.41) is 8.20. The molecule has 0 fully saturated rings. The molecule has 0 amide bonds. The molecular weight excluding hydrogens is 498 g/mol. The summed E-state index contributed by atoms with van der Waals surface area (Å²) in [6.07, 6.45) is 1.46. The van der Waals surface area contributed by atoms with E-state index in [1.165, 1.54) is 18.0 Å². The number of hydrogen-bond acceptors (Lipinski definition) is 5. The number of aryl methyl sites for hydroxylation is 1. The average Bonchev–Trinajstić information content (AvgIpc) is 3.27. The molecule has 1 N–H and O–H groups in total. The fourth-order valence-corrected chi connectivity index (χ4v) is 5.34. The highest BCUT2D eigenvalue weighted by Gasteiger charge is 2.25. The molecule has 7 nitrogen and oxygen atoms in total. The zero-order chi connectivity index (χ0) is 25.9. The summed E-state index contributed by atoms with van der Waals surface area (Å²) < 4.78 is 29.0. The average molecular weight is 526 g/mol. The second-order valence-electron chi connectivity index (χ2n) is 8.14. The zero-order valence-electron chi connectivity index (χ0n) is 20.6. The lowest BCUT2D eigenvalue weighted by Crippen LogP contribution is -2.18. The van der Waals surface area contributed by atoms with Gasteiger partial charge < -0.3 is 14.2 Å². The topological polar surface area (TPSA) is 82.5 Å². The standard InChI is InChI=1S/C27H28ClN3O4S/c1-5-36(33,6-2)30-25-23(34-4)14-13-21(24(25)28)26(32)22-16-29-31(3)27(22)35-17-18-11-12-19-9-7-8-10-20(19)15-18/h5,7-16H,6,17H2,1-4H3,(H,30,33). The summed E-state index contributed by atoms with van der Waals surface area (Å²) in [5.41, 5.74) is 1.76. The molecule has 0 spiro atoms. The van der Waals surface area contributed by atoms with Crippen molar-refractivity contribution in [2.75, 3.05) is 17.6 Å². The van der Waals surface area contributed by atoms with E-state index in [4.69, 9.17) is 21.1 Å². The van der Waals surface area contributed by atoms with Crippen LogP contribution in [-0.2, 0) is 23.4 Å². The molecule has 1 aromatic heterocycles. The van der Waals surface area contributed by atoms with Crippen LogP contribution in [0.15, 0.2) is 60.8 Å². The predicted molar refractivity (Wildman–Crippen MR) is 147 cm³/mol. The molecule has 1 atom stereocenters. The van der Waals surface area contributed by atoms with Crippen LogP contribution in [0.1, 0.15) is 35.3 Å². The van der Waals surface area contributed by atoms with Crippen LogP contribution in [0.2, 0.25) is 5.02 Å². The third kappa shape index (κ3) is 5.05. The van der Waals surface area contributed by atoms with Crippen LogP contribution < -0.4 is 14.2 Å². The third-order valence-electron chi connectivity index (χ3n) is 5.97. The van der Waals surface area contributed by atoms with Crippen LogP contribution in [0, 0.1) is 0 Å². The molecule has 0 radical (unpaired) electrons. The van der Waals surface area contributed by atoms with Crippen LogP contribution in [0.3, 0.4) is 0 Å². The van der Waals surface area contributed by atoms with Crippen molar-refractivity contribution < 1.29 is 18.5 Å². The first kappa shape index (κ1) is 25.6. The van der Waals surface area contributed by atoms with Crippen LogP contribution in [0.4, 0.5) is 5.69 Å². The Balaban J connectivity index is 1.65. The Kier molecular flexibility index (Phi) is 7.56. The Morgan fingerprint density at radius 2 is 1.89 bits per heavy atom. The van der Waals surface area contributed by atoms with Crippen molar-refractivity contribution in [3.63, 3.8) is 0 Å². The number of ether oxygens (including phenoxy) is 2. The molecule has 3 aromatic carbocycles. The molecule has 1 heterocycles. The Hall–Kier alpha value is -3.49. The van der Waals surface area contributed by atoms with Crippen molar-refractivity contribution in [1.29, 1.82) is 0 Å². The normalized spacial score (nSPS) is 12.7. The fraction of sp³-hybridized carbons (Fsp3) is 0.222. The summed E-state index contributed by atoms with van der Waals surface area (Å²) >= 11 is 6.67. The van der Waals surface area contributed by atoms with E-state index >= 15 is 0 Å². The molecule has 36 heavy (non-hydrogen) atoms. The summed E-state index contributed by atoms with van der Waals surface area (Å²) in [6, 6.07) is 17.4. The SMILES string of the molecule is CC=S(=O)(CC)Nc1c(OC)ccc(C(=O)c2cnn(C)c2OCc2ccc3ccccc3c2)c1Cl. The number of fused-ring (bicyclic) bond motifs is 1. The van der Waals surface area contributed by atoms with Gasteiger partial charge >= 0.3 is 0 Å². The number of nitrogens with zero attached hydrogens (tertiary/aromatic N) is 2. The van der Waals surface area contributed by atoms with Gasteiger partial charge in [0.25, 0.3) is 0 Å². The summed E-state index contributed by atoms with van der Waals surface area (Å²) in [7, 11) is 0.668. The molecule has 0 aliphatic heterocycles. The van der Waals surface area contributed by atoms with E-state index < -0.39 is 9.71 Å². The molecule has 0 saturated carbocycles. The van der Waals surface area contributed by atoms with Gasteiger partial charge in [-0.3, -0.25) is 4.79 Å². The van der Waals surface area contributed by atoms with Gasteiger partial charge in [-0.1, -0.05) is 54.9 Å². The minimum absolute atomic E-state index is 0.117. The second kappa shape index (κ2) is 10.6. The van der Waals surface area contributed by atoms with Gasteiger partial charge in [0, 0.05) is 28.1 Å². The van der Waals surface area contributed by atoms with Gasteiger partial charge in [0.05, 0.1) is 18.3 Å². The third-order valence-corrected chi connectivity index (χ3v) is 8.53. The van der Waals surface area contributed by atoms with Gasteiger partial charge in [0.15, 0.2) is 0 Å². The first-order valence-corrected chi connectivity index (χ1v) is 13.6. The highest BCUT2D eigenvalue weighted by molar-refractivity contribution is 8.02. The number of carbonyl (C=O) groups is 1. The Morgan fingerprint density at radius 3 is 2.58 bits per heavy atom. The molecule has 9 heteroatoms. The van der Waals surface area contributed by atoms with Crippen molar-refractivity contribution in [2.24, 2.45) is 7.05 Å². The van der Waals surface area contributed by atoms with E-state index in [9.17, 15) is 9.00 Å². The number of rotatable bonds is 9. The van der Waals surface area contributed by atoms with Gasteiger partial charge in [-0.15, -0.1) is 0 Å². The van der Waals surface area contributed by atoms with Gasteiger partial charge in [0.1, 0.15) is 23.6 Å². The maximum absolute atomic E-state index is 13.6. The van der Waals surface area contributed by atoms with Crippen molar-refractivity contribution in [3.8, 4) is 11.6 Å². The lowest BCUT2D eigenvalue weighted by Gasteiger charge is -2.18. The van der Waals surface area contributed by atoms with Crippen LogP contribution in [0.25, 0.3) is 10.8 Å². The number of ketones is 1. The predicted octanol–water partition coefficient (Wildman–Crippen LogP) is 5.50. The largest absolute Gasteiger partial charge is 0.495 e. The highest BCUT2D eigenvalue weighted by Crippen LogP contribution is 2.38. The number of anilines is 1. The van der Waals surface area contributed by atoms with Gasteiger partial charge in [-0.25, -0.2) is 8.89 Å².